The van der Waals surface area contributed by atoms with Crippen molar-refractivity contribution in [3.8, 4) is 36.0 Å². The number of halogens is 3. The molecule has 32 heavy (non-hydrogen) atoms. The van der Waals surface area contributed by atoms with Gasteiger partial charge in [0.1, 0.15) is 5.82 Å². The van der Waals surface area contributed by atoms with Gasteiger partial charge in [0, 0.05) is 11.1 Å². The molecule has 0 amide bonds. The Kier molecular flexibility index (Phi) is 8.25. The molecule has 3 rings (SSSR count). The highest BCUT2D eigenvalue weighted by atomic mass is 19.2. The fraction of sp³-hybridized carbons (Fsp3) is 0.310. The van der Waals surface area contributed by atoms with E-state index in [2.05, 4.69) is 29.6 Å². The molecular formula is C29H25F3. The third-order valence-electron chi connectivity index (χ3n) is 5.88. The zero-order valence-corrected chi connectivity index (χ0v) is 18.2. The van der Waals surface area contributed by atoms with Gasteiger partial charge < -0.3 is 0 Å². The van der Waals surface area contributed by atoms with E-state index in [1.54, 1.807) is 30.3 Å². The Labute approximate surface area is 188 Å². The summed E-state index contributed by atoms with van der Waals surface area (Å²) in [6, 6.07) is 8.34. The number of aryl methyl sites for hydroxylation is 1. The lowest BCUT2D eigenvalue weighted by Gasteiger charge is -2.27. The van der Waals surface area contributed by atoms with Crippen molar-refractivity contribution in [2.24, 2.45) is 5.92 Å². The molecule has 2 aromatic carbocycles. The van der Waals surface area contributed by atoms with Crippen molar-refractivity contribution >= 4 is 6.08 Å². The largest absolute Gasteiger partial charge is 0.207 e. The first-order chi connectivity index (χ1) is 15.5. The van der Waals surface area contributed by atoms with Crippen molar-refractivity contribution in [2.75, 3.05) is 0 Å². The summed E-state index contributed by atoms with van der Waals surface area (Å²) in [6.07, 6.45) is 13.4. The summed E-state index contributed by atoms with van der Waals surface area (Å²) in [4.78, 5) is 0. The van der Waals surface area contributed by atoms with Crippen LogP contribution in [0.15, 0.2) is 36.4 Å². The second-order valence-corrected chi connectivity index (χ2v) is 8.04. The predicted octanol–water partition coefficient (Wildman–Crippen LogP) is 7.03. The smallest absolute Gasteiger partial charge is 0.166 e. The lowest BCUT2D eigenvalue weighted by atomic mass is 9.78. The molecule has 0 N–H and O–H groups in total. The highest BCUT2D eigenvalue weighted by molar-refractivity contribution is 5.51. The standard InChI is InChI=1S/C29H25F3/c1-3-5-6-7-9-22-13-19-26(27(30)20-22)23-14-10-21(11-15-23)12-16-25-18-17-24(8-4-2)28(31)29(25)32/h1,12-13,16-21,23H,4,8,10-11,14-15H2,2H3/b16-12+. The first kappa shape index (κ1) is 23.3. The van der Waals surface area contributed by atoms with E-state index in [9.17, 15) is 13.2 Å². The zero-order valence-electron chi connectivity index (χ0n) is 18.2. The second kappa shape index (κ2) is 11.3. The number of rotatable bonds is 5. The number of terminal acetylenes is 1. The lowest BCUT2D eigenvalue weighted by molar-refractivity contribution is 0.369. The van der Waals surface area contributed by atoms with Crippen LogP contribution in [0.4, 0.5) is 13.2 Å². The van der Waals surface area contributed by atoms with Gasteiger partial charge in [-0.2, -0.15) is 0 Å². The van der Waals surface area contributed by atoms with Gasteiger partial charge in [0.15, 0.2) is 11.6 Å². The van der Waals surface area contributed by atoms with E-state index in [1.807, 2.05) is 13.0 Å². The second-order valence-electron chi connectivity index (χ2n) is 8.04. The molecule has 0 nitrogen and oxygen atoms in total. The molecule has 0 bridgehead atoms. The van der Waals surface area contributed by atoms with E-state index < -0.39 is 11.6 Å². The molecular weight excluding hydrogens is 405 g/mol. The molecule has 1 saturated carbocycles. The van der Waals surface area contributed by atoms with Gasteiger partial charge in [-0.15, -0.1) is 6.42 Å². The summed E-state index contributed by atoms with van der Waals surface area (Å²) in [5.74, 6) is 11.1. The summed E-state index contributed by atoms with van der Waals surface area (Å²) in [5, 5.41) is 0. The monoisotopic (exact) mass is 430 g/mol. The average Bonchev–Trinajstić information content (AvgIpc) is 2.80. The van der Waals surface area contributed by atoms with E-state index in [1.165, 1.54) is 6.07 Å². The van der Waals surface area contributed by atoms with E-state index in [0.29, 0.717) is 23.1 Å². The number of allylic oxidation sites excluding steroid dienone is 1. The predicted molar refractivity (Wildman–Crippen MR) is 124 cm³/mol. The van der Waals surface area contributed by atoms with Gasteiger partial charge in [0.25, 0.3) is 0 Å². The molecule has 1 aliphatic carbocycles. The molecule has 1 aliphatic rings. The van der Waals surface area contributed by atoms with Crippen LogP contribution in [-0.4, -0.2) is 0 Å². The molecule has 0 spiro atoms. The highest BCUT2D eigenvalue weighted by Gasteiger charge is 2.23. The third-order valence-corrected chi connectivity index (χ3v) is 5.88. The highest BCUT2D eigenvalue weighted by Crippen LogP contribution is 2.37. The van der Waals surface area contributed by atoms with Crippen LogP contribution in [-0.2, 0) is 6.42 Å². The van der Waals surface area contributed by atoms with Crippen LogP contribution in [0, 0.1) is 59.4 Å². The van der Waals surface area contributed by atoms with Gasteiger partial charge in [-0.3, -0.25) is 0 Å². The van der Waals surface area contributed by atoms with Crippen molar-refractivity contribution < 1.29 is 13.2 Å². The summed E-state index contributed by atoms with van der Waals surface area (Å²) in [7, 11) is 0. The first-order valence-electron chi connectivity index (χ1n) is 10.9. The molecule has 1 fully saturated rings. The Hall–Kier alpha value is -3.35. The molecule has 0 saturated heterocycles. The molecule has 0 heterocycles. The maximum absolute atomic E-state index is 14.6. The zero-order chi connectivity index (χ0) is 22.9. The van der Waals surface area contributed by atoms with E-state index in [4.69, 9.17) is 6.42 Å². The fourth-order valence-electron chi connectivity index (χ4n) is 4.16. The molecule has 2 aromatic rings. The van der Waals surface area contributed by atoms with Crippen LogP contribution < -0.4 is 0 Å². The SMILES string of the molecule is C#CC#CC#Cc1ccc(C2CCC(/C=C/c3ccc(CCC)c(F)c3F)CC2)c(F)c1. The van der Waals surface area contributed by atoms with E-state index in [0.717, 1.165) is 32.1 Å². The minimum absolute atomic E-state index is 0.144. The molecule has 0 unspecified atom stereocenters. The molecule has 0 aromatic heterocycles. The third kappa shape index (κ3) is 5.87. The van der Waals surface area contributed by atoms with Crippen LogP contribution in [0.3, 0.4) is 0 Å². The van der Waals surface area contributed by atoms with Crippen molar-refractivity contribution in [2.45, 2.75) is 51.4 Å². The van der Waals surface area contributed by atoms with E-state index in [-0.39, 0.29) is 23.2 Å². The van der Waals surface area contributed by atoms with Crippen LogP contribution >= 0.6 is 0 Å². The molecule has 3 heteroatoms. The Balaban J connectivity index is 1.61. The van der Waals surface area contributed by atoms with Gasteiger partial charge in [-0.05, 0) is 90.9 Å². The Bertz CT molecular complexity index is 1150. The van der Waals surface area contributed by atoms with Crippen molar-refractivity contribution in [1.29, 1.82) is 0 Å². The molecule has 0 aliphatic heterocycles. The summed E-state index contributed by atoms with van der Waals surface area (Å²) in [5.41, 5.74) is 1.96. The Morgan fingerprint density at radius 3 is 2.44 bits per heavy atom. The van der Waals surface area contributed by atoms with Crippen molar-refractivity contribution in [3.63, 3.8) is 0 Å². The van der Waals surface area contributed by atoms with Gasteiger partial charge in [-0.25, -0.2) is 13.2 Å². The molecule has 162 valence electrons. The summed E-state index contributed by atoms with van der Waals surface area (Å²) in [6.45, 7) is 1.94. The van der Waals surface area contributed by atoms with Gasteiger partial charge >= 0.3 is 0 Å². The lowest BCUT2D eigenvalue weighted by Crippen LogP contribution is -2.13. The van der Waals surface area contributed by atoms with E-state index >= 15 is 0 Å². The van der Waals surface area contributed by atoms with Crippen LogP contribution in [0.1, 0.15) is 67.2 Å². The first-order valence-corrected chi connectivity index (χ1v) is 10.9. The topological polar surface area (TPSA) is 0 Å². The minimum Gasteiger partial charge on any atom is -0.207 e. The average molecular weight is 431 g/mol. The Morgan fingerprint density at radius 1 is 0.969 bits per heavy atom. The number of hydrogen-bond acceptors (Lipinski definition) is 0. The van der Waals surface area contributed by atoms with Crippen molar-refractivity contribution in [3.05, 3.63) is 76.1 Å². The van der Waals surface area contributed by atoms with Crippen LogP contribution in [0.25, 0.3) is 6.08 Å². The van der Waals surface area contributed by atoms with Gasteiger partial charge in [0.2, 0.25) is 0 Å². The molecule has 0 atom stereocenters. The summed E-state index contributed by atoms with van der Waals surface area (Å²) >= 11 is 0. The van der Waals surface area contributed by atoms with Crippen LogP contribution in [0.5, 0.6) is 0 Å². The maximum Gasteiger partial charge on any atom is 0.166 e. The van der Waals surface area contributed by atoms with Gasteiger partial charge in [0.05, 0.1) is 0 Å². The normalized spacial score (nSPS) is 17.7. The van der Waals surface area contributed by atoms with Crippen molar-refractivity contribution in [1.82, 2.24) is 0 Å². The minimum atomic E-state index is -0.781. The summed E-state index contributed by atoms with van der Waals surface area (Å²) < 4.78 is 43.1. The Morgan fingerprint density at radius 2 is 1.75 bits per heavy atom. The fourth-order valence-corrected chi connectivity index (χ4v) is 4.16. The molecule has 0 radical (unpaired) electrons. The number of hydrogen-bond donors (Lipinski definition) is 0. The maximum atomic E-state index is 14.6. The number of benzene rings is 2. The van der Waals surface area contributed by atoms with Gasteiger partial charge in [-0.1, -0.05) is 49.6 Å². The van der Waals surface area contributed by atoms with Crippen LogP contribution in [0.2, 0.25) is 0 Å². The quantitative estimate of drug-likeness (QED) is 0.447.